The average molecular weight is 272 g/mol. The normalized spacial score (nSPS) is 17.5. The highest BCUT2D eigenvalue weighted by Gasteiger charge is 2.23. The predicted molar refractivity (Wildman–Crippen MR) is 67.8 cm³/mol. The van der Waals surface area contributed by atoms with Gasteiger partial charge in [-0.1, -0.05) is 0 Å². The summed E-state index contributed by atoms with van der Waals surface area (Å²) < 4.78 is 10.5. The number of phenolic OH excluding ortho intramolecular Hbond substituents is 1. The Labute approximate surface area is 111 Å². The molecule has 0 aliphatic heterocycles. The molecule has 0 aliphatic carbocycles. The molecular weight excluding hydrogens is 252 g/mol. The van der Waals surface area contributed by atoms with Crippen LogP contribution in [0.1, 0.15) is 13.8 Å². The summed E-state index contributed by atoms with van der Waals surface area (Å²) in [5, 5.41) is 37.2. The van der Waals surface area contributed by atoms with Crippen LogP contribution in [0.2, 0.25) is 0 Å². The number of hydrogen-bond donors (Lipinski definition) is 4. The lowest BCUT2D eigenvalue weighted by Gasteiger charge is -2.26. The molecule has 0 heterocycles. The smallest absolute Gasteiger partial charge is 0.223 e. The van der Waals surface area contributed by atoms with E-state index in [1.54, 1.807) is 6.92 Å². The fourth-order valence-corrected chi connectivity index (χ4v) is 1.41. The van der Waals surface area contributed by atoms with Gasteiger partial charge in [-0.05, 0) is 38.1 Å². The van der Waals surface area contributed by atoms with Crippen LogP contribution in [0.3, 0.4) is 0 Å². The van der Waals surface area contributed by atoms with Gasteiger partial charge in [0.2, 0.25) is 6.29 Å². The largest absolute Gasteiger partial charge is 0.508 e. The maximum Gasteiger partial charge on any atom is 0.223 e. The molecule has 0 spiro atoms. The zero-order chi connectivity index (χ0) is 14.4. The van der Waals surface area contributed by atoms with Gasteiger partial charge in [0.1, 0.15) is 23.7 Å². The molecule has 0 saturated carbocycles. The number of phenols is 1. The van der Waals surface area contributed by atoms with E-state index in [1.165, 1.54) is 31.2 Å². The van der Waals surface area contributed by atoms with Crippen molar-refractivity contribution in [3.05, 3.63) is 24.3 Å². The molecule has 19 heavy (non-hydrogen) atoms. The third-order valence-electron chi connectivity index (χ3n) is 2.60. The van der Waals surface area contributed by atoms with Crippen LogP contribution in [0, 0.1) is 0 Å². The fraction of sp³-hybridized carbons (Fsp3) is 0.538. The number of ether oxygens (including phenoxy) is 2. The topological polar surface area (TPSA) is 99.4 Å². The first-order valence-corrected chi connectivity index (χ1v) is 6.02. The van der Waals surface area contributed by atoms with E-state index < -0.39 is 24.6 Å². The Morgan fingerprint density at radius 1 is 1.11 bits per heavy atom. The molecular formula is C13H20O6. The molecule has 0 bridgehead atoms. The Balaban J connectivity index is 2.52. The lowest BCUT2D eigenvalue weighted by molar-refractivity contribution is -0.168. The van der Waals surface area contributed by atoms with Crippen molar-refractivity contribution >= 4 is 0 Å². The summed E-state index contributed by atoms with van der Waals surface area (Å²) in [6.07, 6.45) is -3.63. The summed E-state index contributed by atoms with van der Waals surface area (Å²) in [4.78, 5) is 0. The van der Waals surface area contributed by atoms with Crippen molar-refractivity contribution in [2.45, 2.75) is 38.4 Å². The van der Waals surface area contributed by atoms with E-state index in [0.29, 0.717) is 5.75 Å². The maximum atomic E-state index is 9.79. The standard InChI is InChI=1S/C13H20O6/c1-8(15)12(7-14)18-9(2)13(17)19-11-5-3-10(16)4-6-11/h3-6,8-9,12-17H,7H2,1-2H3/t8?,9?,12?,13-/m0/s1. The van der Waals surface area contributed by atoms with Gasteiger partial charge in [-0.25, -0.2) is 0 Å². The lowest BCUT2D eigenvalue weighted by atomic mass is 10.2. The summed E-state index contributed by atoms with van der Waals surface area (Å²) in [6.45, 7) is 2.70. The quantitative estimate of drug-likeness (QED) is 0.531. The highest BCUT2D eigenvalue weighted by atomic mass is 16.6. The zero-order valence-corrected chi connectivity index (χ0v) is 10.9. The maximum absolute atomic E-state index is 9.79. The molecule has 4 atom stereocenters. The van der Waals surface area contributed by atoms with Crippen molar-refractivity contribution < 1.29 is 29.9 Å². The van der Waals surface area contributed by atoms with Gasteiger partial charge < -0.3 is 29.9 Å². The molecule has 1 aromatic carbocycles. The van der Waals surface area contributed by atoms with Crippen molar-refractivity contribution in [2.75, 3.05) is 6.61 Å². The molecule has 108 valence electrons. The van der Waals surface area contributed by atoms with Gasteiger partial charge in [-0.3, -0.25) is 0 Å². The first-order valence-electron chi connectivity index (χ1n) is 6.02. The highest BCUT2D eigenvalue weighted by molar-refractivity contribution is 5.30. The second-order valence-corrected chi connectivity index (χ2v) is 4.31. The number of aromatic hydroxyl groups is 1. The number of hydrogen-bond acceptors (Lipinski definition) is 6. The van der Waals surface area contributed by atoms with E-state index in [9.17, 15) is 10.2 Å². The van der Waals surface area contributed by atoms with Crippen molar-refractivity contribution in [3.8, 4) is 11.5 Å². The third kappa shape index (κ3) is 5.04. The Morgan fingerprint density at radius 2 is 1.68 bits per heavy atom. The van der Waals surface area contributed by atoms with Gasteiger partial charge >= 0.3 is 0 Å². The molecule has 0 fully saturated rings. The van der Waals surface area contributed by atoms with Crippen LogP contribution < -0.4 is 4.74 Å². The first-order chi connectivity index (χ1) is 8.93. The van der Waals surface area contributed by atoms with Crippen molar-refractivity contribution in [1.82, 2.24) is 0 Å². The highest BCUT2D eigenvalue weighted by Crippen LogP contribution is 2.18. The second-order valence-electron chi connectivity index (χ2n) is 4.31. The summed E-state index contributed by atoms with van der Waals surface area (Å²) in [5.74, 6) is 0.471. The van der Waals surface area contributed by atoms with E-state index in [4.69, 9.17) is 19.7 Å². The van der Waals surface area contributed by atoms with Crippen LogP contribution in [0.5, 0.6) is 11.5 Å². The van der Waals surface area contributed by atoms with Crippen molar-refractivity contribution in [1.29, 1.82) is 0 Å². The van der Waals surface area contributed by atoms with E-state index in [1.807, 2.05) is 0 Å². The van der Waals surface area contributed by atoms with E-state index in [0.717, 1.165) is 0 Å². The Morgan fingerprint density at radius 3 is 2.16 bits per heavy atom. The van der Waals surface area contributed by atoms with Crippen LogP contribution in [0.25, 0.3) is 0 Å². The molecule has 0 saturated heterocycles. The summed E-state index contributed by atoms with van der Waals surface area (Å²) >= 11 is 0. The summed E-state index contributed by atoms with van der Waals surface area (Å²) in [5.41, 5.74) is 0. The number of benzene rings is 1. The van der Waals surface area contributed by atoms with E-state index in [-0.39, 0.29) is 12.4 Å². The molecule has 6 nitrogen and oxygen atoms in total. The molecule has 0 amide bonds. The molecule has 0 aliphatic rings. The van der Waals surface area contributed by atoms with Crippen LogP contribution in [-0.2, 0) is 4.74 Å². The minimum Gasteiger partial charge on any atom is -0.508 e. The minimum atomic E-state index is -1.25. The predicted octanol–water partition coefficient (Wildman–Crippen LogP) is 0.236. The Hall–Kier alpha value is -1.34. The molecule has 4 N–H and O–H groups in total. The van der Waals surface area contributed by atoms with Crippen LogP contribution >= 0.6 is 0 Å². The number of aliphatic hydroxyl groups excluding tert-OH is 3. The summed E-state index contributed by atoms with van der Waals surface area (Å²) in [7, 11) is 0. The Kier molecular flexibility index (Phi) is 6.04. The van der Waals surface area contributed by atoms with Gasteiger partial charge in [0.05, 0.1) is 12.7 Å². The lowest BCUT2D eigenvalue weighted by Crippen LogP contribution is -2.40. The van der Waals surface area contributed by atoms with Crippen molar-refractivity contribution in [2.24, 2.45) is 0 Å². The van der Waals surface area contributed by atoms with E-state index in [2.05, 4.69) is 0 Å². The van der Waals surface area contributed by atoms with Crippen LogP contribution in [0.4, 0.5) is 0 Å². The monoisotopic (exact) mass is 272 g/mol. The molecule has 1 rings (SSSR count). The molecule has 3 unspecified atom stereocenters. The second kappa shape index (κ2) is 7.30. The van der Waals surface area contributed by atoms with Crippen LogP contribution in [0.15, 0.2) is 24.3 Å². The first kappa shape index (κ1) is 15.7. The Bertz CT molecular complexity index is 364. The number of aliphatic hydroxyl groups is 3. The SMILES string of the molecule is CC(O)C(CO)OC(C)[C@@H](O)Oc1ccc(O)cc1. The summed E-state index contributed by atoms with van der Waals surface area (Å²) in [6, 6.07) is 5.87. The minimum absolute atomic E-state index is 0.0978. The van der Waals surface area contributed by atoms with Crippen LogP contribution in [-0.4, -0.2) is 51.6 Å². The molecule has 0 radical (unpaired) electrons. The molecule has 0 aromatic heterocycles. The van der Waals surface area contributed by atoms with Gasteiger partial charge in [-0.2, -0.15) is 0 Å². The average Bonchev–Trinajstić information content (AvgIpc) is 2.37. The van der Waals surface area contributed by atoms with Gasteiger partial charge in [0.15, 0.2) is 0 Å². The number of rotatable bonds is 7. The van der Waals surface area contributed by atoms with Gasteiger partial charge in [0, 0.05) is 0 Å². The van der Waals surface area contributed by atoms with E-state index >= 15 is 0 Å². The molecule has 6 heteroatoms. The third-order valence-corrected chi connectivity index (χ3v) is 2.60. The fourth-order valence-electron chi connectivity index (χ4n) is 1.41. The van der Waals surface area contributed by atoms with Gasteiger partial charge in [-0.15, -0.1) is 0 Å². The van der Waals surface area contributed by atoms with Crippen molar-refractivity contribution in [3.63, 3.8) is 0 Å². The van der Waals surface area contributed by atoms with Gasteiger partial charge in [0.25, 0.3) is 0 Å². The molecule has 1 aromatic rings. The zero-order valence-electron chi connectivity index (χ0n) is 10.9.